The first-order valence-electron chi connectivity index (χ1n) is 6.25. The molecule has 0 aromatic carbocycles. The number of unbranched alkanes of at least 4 members (excludes halogenated alkanes) is 7. The van der Waals surface area contributed by atoms with Crippen molar-refractivity contribution in [2.45, 2.75) is 51.4 Å². The Bertz CT molecular complexity index is 96.8. The smallest absolute Gasteiger partial charge is 0.00996 e. The topological polar surface area (TPSA) is 62.1 Å². The van der Waals surface area contributed by atoms with Crippen molar-refractivity contribution in [1.29, 1.82) is 0 Å². The van der Waals surface area contributed by atoms with E-state index in [0.29, 0.717) is 0 Å². The van der Waals surface area contributed by atoms with Crippen molar-refractivity contribution in [2.24, 2.45) is 5.84 Å². The highest BCUT2D eigenvalue weighted by Crippen LogP contribution is 2.07. The summed E-state index contributed by atoms with van der Waals surface area (Å²) in [5.74, 6) is 5.19. The molecule has 0 aromatic rings. The molecule has 4 heteroatoms. The molecule has 0 bridgehead atoms. The van der Waals surface area contributed by atoms with Crippen LogP contribution >= 0.6 is 0 Å². The molecule has 0 aliphatic heterocycles. The highest BCUT2D eigenvalue weighted by Gasteiger charge is 1.91. The Balaban J connectivity index is 2.81. The summed E-state index contributed by atoms with van der Waals surface area (Å²) in [6.45, 7) is 2.04. The molecule has 0 unspecified atom stereocenters. The van der Waals surface area contributed by atoms with E-state index in [1.54, 1.807) is 0 Å². The van der Waals surface area contributed by atoms with Crippen LogP contribution in [0.5, 0.6) is 0 Å². The normalized spacial score (nSPS) is 10.8. The van der Waals surface area contributed by atoms with Gasteiger partial charge in [-0.05, 0) is 19.9 Å². The van der Waals surface area contributed by atoms with Gasteiger partial charge in [0.1, 0.15) is 0 Å². The highest BCUT2D eigenvalue weighted by molar-refractivity contribution is 4.48. The second-order valence-electron chi connectivity index (χ2n) is 3.96. The molecule has 0 saturated heterocycles. The lowest BCUT2D eigenvalue weighted by Crippen LogP contribution is -2.28. The first-order chi connectivity index (χ1) is 7.41. The maximum absolute atomic E-state index is 5.19. The van der Waals surface area contributed by atoms with Crippen LogP contribution in [0.2, 0.25) is 0 Å². The fraction of sp³-hybridized carbons (Fsp3) is 1.00. The Kier molecular flexibility index (Phi) is 13.7. The molecule has 0 fully saturated rings. The lowest BCUT2D eigenvalue weighted by Gasteiger charge is -2.03. The molecule has 0 saturated carbocycles. The quantitative estimate of drug-likeness (QED) is 0.226. The molecular formula is C11H28N4. The van der Waals surface area contributed by atoms with Gasteiger partial charge in [0, 0.05) is 13.1 Å². The maximum Gasteiger partial charge on any atom is 0.00996 e. The van der Waals surface area contributed by atoms with Crippen molar-refractivity contribution >= 4 is 0 Å². The molecule has 15 heavy (non-hydrogen) atoms. The van der Waals surface area contributed by atoms with E-state index in [-0.39, 0.29) is 0 Å². The third-order valence-electron chi connectivity index (χ3n) is 2.55. The molecule has 0 spiro atoms. The van der Waals surface area contributed by atoms with Gasteiger partial charge in [-0.25, -0.2) is 0 Å². The van der Waals surface area contributed by atoms with E-state index in [4.69, 9.17) is 5.84 Å². The van der Waals surface area contributed by atoms with Crippen LogP contribution in [0.1, 0.15) is 51.4 Å². The maximum atomic E-state index is 5.19. The van der Waals surface area contributed by atoms with Crippen molar-refractivity contribution in [3.8, 4) is 0 Å². The molecule has 0 heterocycles. The average molecular weight is 216 g/mol. The molecule has 0 aliphatic rings. The summed E-state index contributed by atoms with van der Waals surface area (Å²) in [5.41, 5.74) is 8.72. The van der Waals surface area contributed by atoms with Crippen molar-refractivity contribution in [3.63, 3.8) is 0 Å². The van der Waals surface area contributed by atoms with Crippen molar-refractivity contribution in [3.05, 3.63) is 0 Å². The number of nitrogens with two attached hydrogens (primary N) is 1. The van der Waals surface area contributed by atoms with Gasteiger partial charge >= 0.3 is 0 Å². The van der Waals surface area contributed by atoms with Crippen molar-refractivity contribution in [2.75, 3.05) is 20.1 Å². The predicted octanol–water partition coefficient (Wildman–Crippen LogP) is 1.29. The molecule has 92 valence electrons. The Morgan fingerprint density at radius 1 is 0.733 bits per heavy atom. The lowest BCUT2D eigenvalue weighted by atomic mass is 10.1. The van der Waals surface area contributed by atoms with Crippen LogP contribution in [0.3, 0.4) is 0 Å². The SMILES string of the molecule is CNNCCCCCCCCCCNN. The fourth-order valence-electron chi connectivity index (χ4n) is 1.63. The molecular weight excluding hydrogens is 188 g/mol. The van der Waals surface area contributed by atoms with E-state index in [0.717, 1.165) is 13.1 Å². The van der Waals surface area contributed by atoms with Crippen LogP contribution in [0.4, 0.5) is 0 Å². The first-order valence-corrected chi connectivity index (χ1v) is 6.25. The summed E-state index contributed by atoms with van der Waals surface area (Å²) in [6.07, 6.45) is 10.6. The van der Waals surface area contributed by atoms with Crippen molar-refractivity contribution in [1.82, 2.24) is 16.3 Å². The molecule has 5 N–H and O–H groups in total. The largest absolute Gasteiger partial charge is 0.271 e. The summed E-state index contributed by atoms with van der Waals surface area (Å²) in [7, 11) is 1.91. The van der Waals surface area contributed by atoms with Crippen LogP contribution in [0.15, 0.2) is 0 Å². The van der Waals surface area contributed by atoms with E-state index in [2.05, 4.69) is 16.3 Å². The Morgan fingerprint density at radius 3 is 1.67 bits per heavy atom. The second kappa shape index (κ2) is 13.8. The Morgan fingerprint density at radius 2 is 1.20 bits per heavy atom. The molecule has 0 aromatic heterocycles. The van der Waals surface area contributed by atoms with Gasteiger partial charge in [-0.2, -0.15) is 0 Å². The second-order valence-corrected chi connectivity index (χ2v) is 3.96. The minimum absolute atomic E-state index is 0.954. The van der Waals surface area contributed by atoms with Crippen LogP contribution < -0.4 is 22.1 Å². The summed E-state index contributed by atoms with van der Waals surface area (Å²) in [4.78, 5) is 0. The Labute approximate surface area is 94.3 Å². The van der Waals surface area contributed by atoms with Gasteiger partial charge < -0.3 is 0 Å². The van der Waals surface area contributed by atoms with E-state index in [1.165, 1.54) is 51.4 Å². The number of hydrazine groups is 2. The third kappa shape index (κ3) is 13.8. The number of hydrogen-bond acceptors (Lipinski definition) is 4. The Hall–Kier alpha value is -0.160. The molecule has 0 rings (SSSR count). The number of nitrogens with one attached hydrogen (secondary N) is 3. The van der Waals surface area contributed by atoms with E-state index >= 15 is 0 Å². The van der Waals surface area contributed by atoms with Gasteiger partial charge in [-0.1, -0.05) is 38.5 Å². The van der Waals surface area contributed by atoms with Crippen LogP contribution in [-0.2, 0) is 0 Å². The van der Waals surface area contributed by atoms with E-state index in [1.807, 2.05) is 7.05 Å². The van der Waals surface area contributed by atoms with E-state index < -0.39 is 0 Å². The first kappa shape index (κ1) is 14.8. The van der Waals surface area contributed by atoms with Gasteiger partial charge in [-0.15, -0.1) is 0 Å². The minimum Gasteiger partial charge on any atom is -0.271 e. The van der Waals surface area contributed by atoms with Gasteiger partial charge in [-0.3, -0.25) is 22.1 Å². The van der Waals surface area contributed by atoms with Gasteiger partial charge in [0.25, 0.3) is 0 Å². The third-order valence-corrected chi connectivity index (χ3v) is 2.55. The van der Waals surface area contributed by atoms with Crippen LogP contribution in [-0.4, -0.2) is 20.1 Å². The summed E-state index contributed by atoms with van der Waals surface area (Å²) < 4.78 is 0. The zero-order valence-electron chi connectivity index (χ0n) is 10.1. The highest BCUT2D eigenvalue weighted by atomic mass is 15.3. The van der Waals surface area contributed by atoms with Crippen LogP contribution in [0, 0.1) is 0 Å². The molecule has 4 nitrogen and oxygen atoms in total. The number of hydrogen-bond donors (Lipinski definition) is 4. The summed E-state index contributed by atoms with van der Waals surface area (Å²) >= 11 is 0. The lowest BCUT2D eigenvalue weighted by molar-refractivity contribution is 0.524. The standard InChI is InChI=1S/C11H28N4/c1-13-15-11-9-7-5-3-2-4-6-8-10-14-12/h13-15H,2-12H2,1H3. The van der Waals surface area contributed by atoms with Crippen LogP contribution in [0.25, 0.3) is 0 Å². The summed E-state index contributed by atoms with van der Waals surface area (Å²) in [6, 6.07) is 0. The molecule has 0 aliphatic carbocycles. The van der Waals surface area contributed by atoms with Gasteiger partial charge in [0.15, 0.2) is 0 Å². The number of rotatable bonds is 12. The van der Waals surface area contributed by atoms with Gasteiger partial charge in [0.2, 0.25) is 0 Å². The minimum atomic E-state index is 0.954. The molecule has 0 radical (unpaired) electrons. The predicted molar refractivity (Wildman–Crippen MR) is 66.2 cm³/mol. The molecule has 0 amide bonds. The van der Waals surface area contributed by atoms with Crippen molar-refractivity contribution < 1.29 is 0 Å². The zero-order chi connectivity index (χ0) is 11.2. The zero-order valence-corrected chi connectivity index (χ0v) is 10.1. The summed E-state index contributed by atoms with van der Waals surface area (Å²) in [5, 5.41) is 0. The molecule has 0 atom stereocenters. The monoisotopic (exact) mass is 216 g/mol. The average Bonchev–Trinajstić information content (AvgIpc) is 2.26. The fourth-order valence-corrected chi connectivity index (χ4v) is 1.63. The van der Waals surface area contributed by atoms with E-state index in [9.17, 15) is 0 Å². The van der Waals surface area contributed by atoms with Gasteiger partial charge in [0.05, 0.1) is 0 Å².